The van der Waals surface area contributed by atoms with Crippen LogP contribution in [-0.4, -0.2) is 49.3 Å². The Hall–Kier alpha value is 0.0169. The first-order valence-electron chi connectivity index (χ1n) is 6.39. The van der Waals surface area contributed by atoms with E-state index >= 15 is 0 Å². The molecule has 0 rings (SSSR count). The van der Waals surface area contributed by atoms with Gasteiger partial charge in [-0.2, -0.15) is 0 Å². The van der Waals surface area contributed by atoms with E-state index < -0.39 is 8.80 Å². The van der Waals surface area contributed by atoms with Gasteiger partial charge >= 0.3 is 8.80 Å². The Bertz CT molecular complexity index is 169. The molecule has 0 spiro atoms. The van der Waals surface area contributed by atoms with Crippen LogP contribution in [0.3, 0.4) is 0 Å². The molecule has 0 aromatic rings. The Kier molecular flexibility index (Phi) is 11.1. The van der Waals surface area contributed by atoms with Gasteiger partial charge in [-0.05, 0) is 38.9 Å². The Labute approximate surface area is 106 Å². The molecular weight excluding hydrogens is 236 g/mol. The molecule has 0 atom stereocenters. The summed E-state index contributed by atoms with van der Waals surface area (Å²) in [5, 5.41) is 3.36. The topological polar surface area (TPSA) is 65.7 Å². The fraction of sp³-hybridized carbons (Fsp3) is 1.00. The van der Waals surface area contributed by atoms with Gasteiger partial charge in [0.25, 0.3) is 0 Å². The lowest BCUT2D eigenvalue weighted by atomic mass is 10.4. The first-order chi connectivity index (χ1) is 8.24. The van der Waals surface area contributed by atoms with E-state index in [2.05, 4.69) is 12.2 Å². The summed E-state index contributed by atoms with van der Waals surface area (Å²) in [5.41, 5.74) is 5.44. The van der Waals surface area contributed by atoms with Crippen LogP contribution in [0, 0.1) is 0 Å². The molecule has 0 heterocycles. The van der Waals surface area contributed by atoms with E-state index in [1.165, 1.54) is 0 Å². The molecule has 0 unspecified atom stereocenters. The minimum absolute atomic E-state index is 0.618. The molecule has 6 heteroatoms. The monoisotopic (exact) mass is 264 g/mol. The molecule has 0 aliphatic carbocycles. The number of hydrogen-bond acceptors (Lipinski definition) is 5. The maximum Gasteiger partial charge on any atom is 0.500 e. The normalized spacial score (nSPS) is 12.0. The van der Waals surface area contributed by atoms with Gasteiger partial charge in [0.15, 0.2) is 0 Å². The molecule has 0 saturated carbocycles. The van der Waals surface area contributed by atoms with Crippen molar-refractivity contribution in [3.8, 4) is 0 Å². The Balaban J connectivity index is 3.85. The first-order valence-corrected chi connectivity index (χ1v) is 8.33. The van der Waals surface area contributed by atoms with Crippen LogP contribution in [-0.2, 0) is 13.3 Å². The van der Waals surface area contributed by atoms with Crippen molar-refractivity contribution >= 4 is 8.80 Å². The molecule has 5 nitrogen and oxygen atoms in total. The molecule has 17 heavy (non-hydrogen) atoms. The Morgan fingerprint density at radius 1 is 1.12 bits per heavy atom. The predicted molar refractivity (Wildman–Crippen MR) is 72.0 cm³/mol. The molecule has 0 fully saturated rings. The molecule has 0 aromatic heterocycles. The molecular formula is C11H28N2O3Si. The molecule has 0 amide bonds. The lowest BCUT2D eigenvalue weighted by molar-refractivity contribution is 0.0971. The number of rotatable bonds is 12. The number of nitrogens with two attached hydrogens (primary N) is 1. The van der Waals surface area contributed by atoms with Crippen LogP contribution in [0.1, 0.15) is 26.2 Å². The van der Waals surface area contributed by atoms with E-state index in [1.54, 1.807) is 14.2 Å². The second-order valence-corrected chi connectivity index (χ2v) is 6.91. The van der Waals surface area contributed by atoms with Gasteiger partial charge in [-0.3, -0.25) is 0 Å². The van der Waals surface area contributed by atoms with Crippen molar-refractivity contribution in [1.82, 2.24) is 5.32 Å². The van der Waals surface area contributed by atoms with E-state index in [-0.39, 0.29) is 0 Å². The lowest BCUT2D eigenvalue weighted by Crippen LogP contribution is -2.44. The molecule has 0 bridgehead atoms. The highest BCUT2D eigenvalue weighted by atomic mass is 28.4. The molecule has 3 N–H and O–H groups in total. The van der Waals surface area contributed by atoms with Gasteiger partial charge in [0, 0.05) is 26.9 Å². The highest BCUT2D eigenvalue weighted by Crippen LogP contribution is 2.15. The molecule has 0 aliphatic rings. The third-order valence-corrected chi connectivity index (χ3v) is 5.41. The largest absolute Gasteiger partial charge is 0.500 e. The number of hydrogen-bond donors (Lipinski definition) is 2. The molecule has 0 aromatic carbocycles. The molecule has 0 radical (unpaired) electrons. The second kappa shape index (κ2) is 11.1. The zero-order chi connectivity index (χ0) is 13.0. The minimum Gasteiger partial charge on any atom is -0.377 e. The van der Waals surface area contributed by atoms with Gasteiger partial charge in [0.2, 0.25) is 0 Å². The van der Waals surface area contributed by atoms with Crippen molar-refractivity contribution in [3.63, 3.8) is 0 Å². The van der Waals surface area contributed by atoms with Gasteiger partial charge in [-0.15, -0.1) is 0 Å². The zero-order valence-electron chi connectivity index (χ0n) is 11.5. The highest BCUT2D eigenvalue weighted by molar-refractivity contribution is 6.60. The standard InChI is InChI=1S/C11H28N2O3Si/c1-4-8-13-9-6-11-17(14-2,15-3)16-10-5-7-12/h13H,4-12H2,1-3H3. The molecule has 0 saturated heterocycles. The average molecular weight is 264 g/mol. The van der Waals surface area contributed by atoms with Gasteiger partial charge in [-0.25, -0.2) is 0 Å². The van der Waals surface area contributed by atoms with Gasteiger partial charge in [0.1, 0.15) is 0 Å². The fourth-order valence-corrected chi connectivity index (χ4v) is 3.54. The summed E-state index contributed by atoms with van der Waals surface area (Å²) in [6.45, 7) is 5.45. The SMILES string of the molecule is CCCNCCC[Si](OC)(OC)OCCCN. The van der Waals surface area contributed by atoms with Crippen LogP contribution in [0.25, 0.3) is 0 Å². The maximum absolute atomic E-state index is 5.76. The van der Waals surface area contributed by atoms with Crippen LogP contribution in [0.5, 0.6) is 0 Å². The molecule has 0 aliphatic heterocycles. The van der Waals surface area contributed by atoms with Crippen LogP contribution < -0.4 is 11.1 Å². The summed E-state index contributed by atoms with van der Waals surface area (Å²) in [7, 11) is 0.892. The quantitative estimate of drug-likeness (QED) is 0.406. The van der Waals surface area contributed by atoms with Gasteiger partial charge in [0.05, 0.1) is 0 Å². The van der Waals surface area contributed by atoms with Crippen LogP contribution >= 0.6 is 0 Å². The highest BCUT2D eigenvalue weighted by Gasteiger charge is 2.37. The van der Waals surface area contributed by atoms with Crippen LogP contribution in [0.4, 0.5) is 0 Å². The first kappa shape index (κ1) is 17.0. The Morgan fingerprint density at radius 2 is 1.82 bits per heavy atom. The summed E-state index contributed by atoms with van der Waals surface area (Å²) >= 11 is 0. The summed E-state index contributed by atoms with van der Waals surface area (Å²) < 4.78 is 16.7. The third-order valence-electron chi connectivity index (χ3n) is 2.56. The van der Waals surface area contributed by atoms with Crippen molar-refractivity contribution in [1.29, 1.82) is 0 Å². The van der Waals surface area contributed by atoms with E-state index in [4.69, 9.17) is 19.0 Å². The Morgan fingerprint density at radius 3 is 2.35 bits per heavy atom. The smallest absolute Gasteiger partial charge is 0.377 e. The fourth-order valence-electron chi connectivity index (χ4n) is 1.52. The van der Waals surface area contributed by atoms with Crippen molar-refractivity contribution in [2.75, 3.05) is 40.5 Å². The summed E-state index contributed by atoms with van der Waals surface area (Å²) in [6, 6.07) is 0.848. The third kappa shape index (κ3) is 7.85. The van der Waals surface area contributed by atoms with Crippen LogP contribution in [0.15, 0.2) is 0 Å². The van der Waals surface area contributed by atoms with Gasteiger partial charge < -0.3 is 24.3 Å². The van der Waals surface area contributed by atoms with E-state index in [9.17, 15) is 0 Å². The molecule has 104 valence electrons. The maximum atomic E-state index is 5.76. The van der Waals surface area contributed by atoms with Crippen molar-refractivity contribution < 1.29 is 13.3 Å². The van der Waals surface area contributed by atoms with Crippen molar-refractivity contribution in [2.45, 2.75) is 32.2 Å². The van der Waals surface area contributed by atoms with E-state index in [1.807, 2.05) is 0 Å². The van der Waals surface area contributed by atoms with Crippen molar-refractivity contribution in [3.05, 3.63) is 0 Å². The summed E-state index contributed by atoms with van der Waals surface area (Å²) in [6.07, 6.45) is 3.01. The van der Waals surface area contributed by atoms with E-state index in [0.29, 0.717) is 13.2 Å². The average Bonchev–Trinajstić information content (AvgIpc) is 2.37. The second-order valence-electron chi connectivity index (χ2n) is 3.94. The van der Waals surface area contributed by atoms with E-state index in [0.717, 1.165) is 38.4 Å². The van der Waals surface area contributed by atoms with Gasteiger partial charge in [-0.1, -0.05) is 6.92 Å². The predicted octanol–water partition coefficient (Wildman–Crippen LogP) is 0.973. The zero-order valence-corrected chi connectivity index (χ0v) is 12.5. The lowest BCUT2D eigenvalue weighted by Gasteiger charge is -2.26. The van der Waals surface area contributed by atoms with Crippen molar-refractivity contribution in [2.24, 2.45) is 5.73 Å². The number of nitrogens with one attached hydrogen (secondary N) is 1. The summed E-state index contributed by atoms with van der Waals surface area (Å²) in [4.78, 5) is 0. The van der Waals surface area contributed by atoms with Crippen LogP contribution in [0.2, 0.25) is 6.04 Å². The minimum atomic E-state index is -2.44. The summed E-state index contributed by atoms with van der Waals surface area (Å²) in [5.74, 6) is 0.